The van der Waals surface area contributed by atoms with Crippen molar-refractivity contribution in [1.29, 1.82) is 0 Å². The van der Waals surface area contributed by atoms with Gasteiger partial charge in [0.1, 0.15) is 6.26 Å². The van der Waals surface area contributed by atoms with Gasteiger partial charge < -0.3 is 9.52 Å². The fraction of sp³-hybridized carbons (Fsp3) is 0.375. The van der Waals surface area contributed by atoms with Crippen LogP contribution >= 0.6 is 11.6 Å². The van der Waals surface area contributed by atoms with E-state index in [2.05, 4.69) is 4.98 Å². The number of hydrogen-bond donors (Lipinski definition) is 1. The molecule has 1 aliphatic rings. The molecule has 32 heavy (non-hydrogen) atoms. The molecule has 1 heterocycles. The minimum Gasteiger partial charge on any atom is -0.445 e. The van der Waals surface area contributed by atoms with Gasteiger partial charge in [-0.3, -0.25) is 0 Å². The van der Waals surface area contributed by atoms with Crippen molar-refractivity contribution in [3.63, 3.8) is 0 Å². The summed E-state index contributed by atoms with van der Waals surface area (Å²) in [5.74, 6) is 0.428. The first-order chi connectivity index (χ1) is 15.5. The van der Waals surface area contributed by atoms with Crippen LogP contribution in [0.5, 0.6) is 0 Å². The van der Waals surface area contributed by atoms with Crippen LogP contribution in [0.25, 0.3) is 11.5 Å². The standard InChI is InChI=1S/C24H27ClN2O4S/c25-21-10-12-22(13-11-21)32(29,30)27(23-5-3-1-2-4-20(23)17-28)16-18-6-8-19(9-7-18)24-26-14-15-31-24/h6-15,20,23,28H,1-5,16-17H2. The molecule has 1 aromatic heterocycles. The SMILES string of the molecule is O=S(=O)(c1ccc(Cl)cc1)N(Cc1ccc(-c2ncco2)cc1)C1CCCCCC1CO. The van der Waals surface area contributed by atoms with Crippen LogP contribution in [0.3, 0.4) is 0 Å². The molecule has 3 aromatic rings. The van der Waals surface area contributed by atoms with Crippen molar-refractivity contribution in [2.45, 2.75) is 49.6 Å². The van der Waals surface area contributed by atoms with Gasteiger partial charge in [0.15, 0.2) is 0 Å². The van der Waals surface area contributed by atoms with Gasteiger partial charge in [-0.15, -0.1) is 0 Å². The normalized spacial score (nSPS) is 19.7. The van der Waals surface area contributed by atoms with Crippen LogP contribution < -0.4 is 0 Å². The third-order valence-corrected chi connectivity index (χ3v) is 8.25. The van der Waals surface area contributed by atoms with Crippen molar-refractivity contribution < 1.29 is 17.9 Å². The molecular formula is C24H27ClN2O4S. The summed E-state index contributed by atoms with van der Waals surface area (Å²) in [4.78, 5) is 4.36. The Morgan fingerprint density at radius 2 is 1.75 bits per heavy atom. The van der Waals surface area contributed by atoms with Gasteiger partial charge in [0.05, 0.1) is 11.1 Å². The van der Waals surface area contributed by atoms with E-state index in [1.54, 1.807) is 34.8 Å². The van der Waals surface area contributed by atoms with Gasteiger partial charge in [-0.25, -0.2) is 13.4 Å². The van der Waals surface area contributed by atoms with Crippen molar-refractivity contribution in [2.75, 3.05) is 6.61 Å². The molecule has 1 saturated carbocycles. The number of hydrogen-bond acceptors (Lipinski definition) is 5. The van der Waals surface area contributed by atoms with E-state index in [-0.39, 0.29) is 30.0 Å². The first-order valence-corrected chi connectivity index (χ1v) is 12.7. The van der Waals surface area contributed by atoms with Gasteiger partial charge in [0, 0.05) is 29.8 Å². The number of nitrogens with zero attached hydrogens (tertiary/aromatic N) is 2. The highest BCUT2D eigenvalue weighted by Crippen LogP contribution is 2.33. The second-order valence-electron chi connectivity index (χ2n) is 8.19. The second-order valence-corrected chi connectivity index (χ2v) is 10.5. The Hall–Kier alpha value is -2.19. The minimum absolute atomic E-state index is 0.0274. The number of halogens is 1. The number of rotatable bonds is 7. The van der Waals surface area contributed by atoms with Crippen LogP contribution in [0.2, 0.25) is 5.02 Å². The summed E-state index contributed by atoms with van der Waals surface area (Å²) in [6.07, 6.45) is 7.64. The van der Waals surface area contributed by atoms with Gasteiger partial charge in [0.2, 0.25) is 15.9 Å². The van der Waals surface area contributed by atoms with Crippen LogP contribution in [-0.4, -0.2) is 35.5 Å². The van der Waals surface area contributed by atoms with Crippen molar-refractivity contribution in [3.05, 3.63) is 71.6 Å². The highest BCUT2D eigenvalue weighted by Gasteiger charge is 2.36. The monoisotopic (exact) mass is 474 g/mol. The van der Waals surface area contributed by atoms with Crippen LogP contribution in [0.1, 0.15) is 37.7 Å². The summed E-state index contributed by atoms with van der Waals surface area (Å²) >= 11 is 5.99. The van der Waals surface area contributed by atoms with Crippen molar-refractivity contribution in [1.82, 2.24) is 9.29 Å². The first kappa shape index (κ1) is 23.0. The lowest BCUT2D eigenvalue weighted by Crippen LogP contribution is -2.44. The molecule has 6 nitrogen and oxygen atoms in total. The summed E-state index contributed by atoms with van der Waals surface area (Å²) in [5.41, 5.74) is 1.69. The van der Waals surface area contributed by atoms with E-state index >= 15 is 0 Å². The summed E-state index contributed by atoms with van der Waals surface area (Å²) in [6.45, 7) is 0.193. The molecule has 4 rings (SSSR count). The Bertz CT molecular complexity index is 1100. The minimum atomic E-state index is -3.80. The second kappa shape index (κ2) is 10.2. The van der Waals surface area contributed by atoms with Gasteiger partial charge >= 0.3 is 0 Å². The lowest BCUT2D eigenvalue weighted by molar-refractivity contribution is 0.139. The van der Waals surface area contributed by atoms with Crippen LogP contribution in [0.15, 0.2) is 70.3 Å². The molecule has 0 aliphatic heterocycles. The van der Waals surface area contributed by atoms with E-state index in [1.165, 1.54) is 6.26 Å². The molecule has 0 bridgehead atoms. The van der Waals surface area contributed by atoms with E-state index in [0.717, 1.165) is 43.2 Å². The smallest absolute Gasteiger partial charge is 0.243 e. The van der Waals surface area contributed by atoms with E-state index in [9.17, 15) is 13.5 Å². The highest BCUT2D eigenvalue weighted by molar-refractivity contribution is 7.89. The summed E-state index contributed by atoms with van der Waals surface area (Å²) in [7, 11) is -3.80. The van der Waals surface area contributed by atoms with Crippen molar-refractivity contribution in [2.24, 2.45) is 5.92 Å². The molecule has 1 N–H and O–H groups in total. The largest absolute Gasteiger partial charge is 0.445 e. The van der Waals surface area contributed by atoms with Crippen LogP contribution in [-0.2, 0) is 16.6 Å². The quantitative estimate of drug-likeness (QED) is 0.480. The first-order valence-electron chi connectivity index (χ1n) is 10.9. The zero-order chi connectivity index (χ0) is 22.6. The molecule has 8 heteroatoms. The molecule has 170 valence electrons. The number of oxazole rings is 1. The third-order valence-electron chi connectivity index (χ3n) is 6.12. The Balaban J connectivity index is 1.69. The number of aromatic nitrogens is 1. The molecule has 2 aromatic carbocycles. The topological polar surface area (TPSA) is 83.6 Å². The molecule has 0 saturated heterocycles. The van der Waals surface area contributed by atoms with E-state index < -0.39 is 10.0 Å². The zero-order valence-electron chi connectivity index (χ0n) is 17.7. The summed E-state index contributed by atoms with van der Waals surface area (Å²) in [6, 6.07) is 13.6. The van der Waals surface area contributed by atoms with Crippen LogP contribution in [0, 0.1) is 5.92 Å². The molecule has 2 unspecified atom stereocenters. The van der Waals surface area contributed by atoms with E-state index in [4.69, 9.17) is 16.0 Å². The van der Waals surface area contributed by atoms with Gasteiger partial charge in [0.25, 0.3) is 0 Å². The molecule has 1 aliphatic carbocycles. The average Bonchev–Trinajstić information content (AvgIpc) is 3.24. The zero-order valence-corrected chi connectivity index (χ0v) is 19.3. The highest BCUT2D eigenvalue weighted by atomic mass is 35.5. The van der Waals surface area contributed by atoms with Gasteiger partial charge in [-0.1, -0.05) is 43.0 Å². The molecule has 1 fully saturated rings. The van der Waals surface area contributed by atoms with E-state index in [1.807, 2.05) is 24.3 Å². The number of benzene rings is 2. The summed E-state index contributed by atoms with van der Waals surface area (Å²) < 4.78 is 34.4. The van der Waals surface area contributed by atoms with Crippen molar-refractivity contribution in [3.8, 4) is 11.5 Å². The summed E-state index contributed by atoms with van der Waals surface area (Å²) in [5, 5.41) is 10.5. The maximum atomic E-state index is 13.8. The predicted molar refractivity (Wildman–Crippen MR) is 124 cm³/mol. The molecular weight excluding hydrogens is 448 g/mol. The van der Waals surface area contributed by atoms with E-state index in [0.29, 0.717) is 10.9 Å². The predicted octanol–water partition coefficient (Wildman–Crippen LogP) is 5.13. The van der Waals surface area contributed by atoms with Crippen LogP contribution in [0.4, 0.5) is 0 Å². The Labute approximate surface area is 193 Å². The fourth-order valence-electron chi connectivity index (χ4n) is 4.38. The van der Waals surface area contributed by atoms with Gasteiger partial charge in [-0.2, -0.15) is 4.31 Å². The molecule has 2 atom stereocenters. The average molecular weight is 475 g/mol. The lowest BCUT2D eigenvalue weighted by atomic mass is 9.95. The Kier molecular flexibility index (Phi) is 7.30. The number of aliphatic hydroxyl groups excluding tert-OH is 1. The third kappa shape index (κ3) is 5.07. The van der Waals surface area contributed by atoms with Crippen molar-refractivity contribution >= 4 is 21.6 Å². The fourth-order valence-corrected chi connectivity index (χ4v) is 6.21. The molecule has 0 radical (unpaired) electrons. The Morgan fingerprint density at radius 1 is 1.03 bits per heavy atom. The Morgan fingerprint density at radius 3 is 2.41 bits per heavy atom. The number of sulfonamides is 1. The lowest BCUT2D eigenvalue weighted by Gasteiger charge is -2.35. The molecule has 0 spiro atoms. The molecule has 0 amide bonds. The van der Waals surface area contributed by atoms with Gasteiger partial charge in [-0.05, 0) is 60.7 Å². The maximum absolute atomic E-state index is 13.8. The maximum Gasteiger partial charge on any atom is 0.243 e. The number of aliphatic hydroxyl groups is 1.